The van der Waals surface area contributed by atoms with Crippen LogP contribution in [0.3, 0.4) is 0 Å². The second kappa shape index (κ2) is 9.56. The fraction of sp³-hybridized carbons (Fsp3) is 0.632. The van der Waals surface area contributed by atoms with Gasteiger partial charge in [-0.2, -0.15) is 0 Å². The van der Waals surface area contributed by atoms with E-state index in [2.05, 4.69) is 61.4 Å². The smallest absolute Gasteiger partial charge is 0.193 e. The first-order valence-electron chi connectivity index (χ1n) is 8.82. The molecule has 0 bridgehead atoms. The van der Waals surface area contributed by atoms with Crippen LogP contribution in [-0.2, 0) is 4.74 Å². The third-order valence-electron chi connectivity index (χ3n) is 4.20. The summed E-state index contributed by atoms with van der Waals surface area (Å²) in [6.45, 7) is 8.57. The van der Waals surface area contributed by atoms with Crippen LogP contribution in [0, 0.1) is 5.92 Å². The van der Waals surface area contributed by atoms with Crippen molar-refractivity contribution in [3.8, 4) is 0 Å². The molecule has 0 amide bonds. The lowest BCUT2D eigenvalue weighted by Crippen LogP contribution is -2.40. The van der Waals surface area contributed by atoms with E-state index in [9.17, 15) is 0 Å². The summed E-state index contributed by atoms with van der Waals surface area (Å²) in [5, 5.41) is 3.37. The Morgan fingerprint density at radius 3 is 2.74 bits per heavy atom. The van der Waals surface area contributed by atoms with E-state index in [4.69, 9.17) is 9.73 Å². The number of hydrogen-bond acceptors (Lipinski definition) is 2. The van der Waals surface area contributed by atoms with E-state index in [0.29, 0.717) is 5.92 Å². The van der Waals surface area contributed by atoms with Gasteiger partial charge in [0.25, 0.3) is 0 Å². The second-order valence-corrected chi connectivity index (χ2v) is 6.45. The summed E-state index contributed by atoms with van der Waals surface area (Å²) in [5.41, 5.74) is 1.34. The summed E-state index contributed by atoms with van der Waals surface area (Å²) >= 11 is 0. The number of nitrogens with zero attached hydrogens (tertiary/aromatic N) is 2. The summed E-state index contributed by atoms with van der Waals surface area (Å²) in [7, 11) is 2.08. The number of benzene rings is 1. The van der Waals surface area contributed by atoms with Crippen molar-refractivity contribution in [2.75, 3.05) is 39.9 Å². The largest absolute Gasteiger partial charge is 0.379 e. The molecular formula is C19H31N3O. The lowest BCUT2D eigenvalue weighted by atomic mass is 10.0. The predicted molar refractivity (Wildman–Crippen MR) is 97.0 cm³/mol. The van der Waals surface area contributed by atoms with E-state index in [-0.39, 0.29) is 0 Å². The third kappa shape index (κ3) is 6.61. The van der Waals surface area contributed by atoms with Gasteiger partial charge in [0.2, 0.25) is 0 Å². The van der Waals surface area contributed by atoms with Gasteiger partial charge in [-0.05, 0) is 31.2 Å². The molecule has 23 heavy (non-hydrogen) atoms. The Hall–Kier alpha value is -1.55. The number of guanidine groups is 1. The van der Waals surface area contributed by atoms with Crippen molar-refractivity contribution in [1.29, 1.82) is 0 Å². The number of ether oxygens (including phenoxy) is 1. The molecule has 0 spiro atoms. The van der Waals surface area contributed by atoms with Gasteiger partial charge < -0.3 is 15.0 Å². The van der Waals surface area contributed by atoms with Crippen molar-refractivity contribution >= 4 is 5.96 Å². The third-order valence-corrected chi connectivity index (χ3v) is 4.20. The zero-order valence-electron chi connectivity index (χ0n) is 14.8. The van der Waals surface area contributed by atoms with E-state index in [1.165, 1.54) is 18.4 Å². The Labute approximate surface area is 140 Å². The number of rotatable bonds is 9. The maximum absolute atomic E-state index is 5.73. The summed E-state index contributed by atoms with van der Waals surface area (Å²) < 4.78 is 5.73. The van der Waals surface area contributed by atoms with Crippen LogP contribution in [0.4, 0.5) is 0 Å². The SMILES string of the molecule is CCNC(=NCC(C)c1ccccc1)N(C)CCOCC1CC1. The van der Waals surface area contributed by atoms with E-state index in [1.54, 1.807) is 0 Å². The van der Waals surface area contributed by atoms with Crippen molar-refractivity contribution in [3.05, 3.63) is 35.9 Å². The minimum Gasteiger partial charge on any atom is -0.379 e. The first-order chi connectivity index (χ1) is 11.2. The van der Waals surface area contributed by atoms with Crippen LogP contribution in [0.25, 0.3) is 0 Å². The molecule has 1 aliphatic rings. The maximum Gasteiger partial charge on any atom is 0.193 e. The van der Waals surface area contributed by atoms with Crippen LogP contribution in [0.15, 0.2) is 35.3 Å². The highest BCUT2D eigenvalue weighted by atomic mass is 16.5. The molecule has 4 heteroatoms. The van der Waals surface area contributed by atoms with Crippen LogP contribution in [0.1, 0.15) is 38.2 Å². The van der Waals surface area contributed by atoms with Crippen molar-refractivity contribution in [2.24, 2.45) is 10.9 Å². The molecule has 1 fully saturated rings. The van der Waals surface area contributed by atoms with Gasteiger partial charge in [-0.3, -0.25) is 4.99 Å². The molecule has 0 saturated heterocycles. The van der Waals surface area contributed by atoms with Gasteiger partial charge in [-0.25, -0.2) is 0 Å². The molecule has 1 N–H and O–H groups in total. The van der Waals surface area contributed by atoms with Crippen molar-refractivity contribution in [3.63, 3.8) is 0 Å². The fourth-order valence-corrected chi connectivity index (χ4v) is 2.42. The second-order valence-electron chi connectivity index (χ2n) is 6.45. The van der Waals surface area contributed by atoms with Gasteiger partial charge in [-0.15, -0.1) is 0 Å². The molecule has 0 aliphatic heterocycles. The molecule has 1 aromatic rings. The van der Waals surface area contributed by atoms with Crippen molar-refractivity contribution in [2.45, 2.75) is 32.6 Å². The Morgan fingerprint density at radius 1 is 1.35 bits per heavy atom. The minimum atomic E-state index is 0.421. The van der Waals surface area contributed by atoms with Crippen LogP contribution >= 0.6 is 0 Å². The Bertz CT molecular complexity index is 471. The highest BCUT2D eigenvalue weighted by Gasteiger charge is 2.21. The van der Waals surface area contributed by atoms with Gasteiger partial charge >= 0.3 is 0 Å². The van der Waals surface area contributed by atoms with Crippen LogP contribution in [-0.4, -0.2) is 50.8 Å². The Balaban J connectivity index is 1.79. The summed E-state index contributed by atoms with van der Waals surface area (Å²) in [6.07, 6.45) is 2.69. The predicted octanol–water partition coefficient (Wildman–Crippen LogP) is 3.11. The van der Waals surface area contributed by atoms with Crippen LogP contribution < -0.4 is 5.32 Å². The zero-order valence-corrected chi connectivity index (χ0v) is 14.8. The average Bonchev–Trinajstić information content (AvgIpc) is 3.40. The Kier molecular flexibility index (Phi) is 7.40. The molecular weight excluding hydrogens is 286 g/mol. The maximum atomic E-state index is 5.73. The fourth-order valence-electron chi connectivity index (χ4n) is 2.42. The highest BCUT2D eigenvalue weighted by molar-refractivity contribution is 5.79. The van der Waals surface area contributed by atoms with E-state index >= 15 is 0 Å². The molecule has 1 saturated carbocycles. The molecule has 128 valence electrons. The first kappa shape index (κ1) is 17.8. The van der Waals surface area contributed by atoms with E-state index in [0.717, 1.165) is 44.7 Å². The lowest BCUT2D eigenvalue weighted by molar-refractivity contribution is 0.115. The molecule has 1 atom stereocenters. The monoisotopic (exact) mass is 317 g/mol. The van der Waals surface area contributed by atoms with E-state index < -0.39 is 0 Å². The van der Waals surface area contributed by atoms with Gasteiger partial charge in [0, 0.05) is 39.2 Å². The summed E-state index contributed by atoms with van der Waals surface area (Å²) in [6, 6.07) is 10.6. The molecule has 4 nitrogen and oxygen atoms in total. The van der Waals surface area contributed by atoms with Gasteiger partial charge in [0.15, 0.2) is 5.96 Å². The highest BCUT2D eigenvalue weighted by Crippen LogP contribution is 2.28. The zero-order chi connectivity index (χ0) is 16.5. The number of nitrogens with one attached hydrogen (secondary N) is 1. The van der Waals surface area contributed by atoms with Gasteiger partial charge in [0.05, 0.1) is 6.61 Å². The standard InChI is InChI=1S/C19H31N3O/c1-4-20-19(22(3)12-13-23-15-17-10-11-17)21-14-16(2)18-8-6-5-7-9-18/h5-9,16-17H,4,10-15H2,1-3H3,(H,20,21). The Morgan fingerprint density at radius 2 is 2.09 bits per heavy atom. The average molecular weight is 317 g/mol. The van der Waals surface area contributed by atoms with Crippen LogP contribution in [0.5, 0.6) is 0 Å². The number of hydrogen-bond donors (Lipinski definition) is 1. The lowest BCUT2D eigenvalue weighted by Gasteiger charge is -2.22. The minimum absolute atomic E-state index is 0.421. The van der Waals surface area contributed by atoms with E-state index in [1.807, 2.05) is 0 Å². The van der Waals surface area contributed by atoms with Gasteiger partial charge in [-0.1, -0.05) is 37.3 Å². The topological polar surface area (TPSA) is 36.9 Å². The number of likely N-dealkylation sites (N-methyl/N-ethyl adjacent to an activating group) is 1. The normalized spacial score (nSPS) is 16.2. The summed E-state index contributed by atoms with van der Waals surface area (Å²) in [5.74, 6) is 2.21. The number of aliphatic imine (C=N–C) groups is 1. The van der Waals surface area contributed by atoms with Crippen LogP contribution in [0.2, 0.25) is 0 Å². The van der Waals surface area contributed by atoms with Crippen molar-refractivity contribution < 1.29 is 4.74 Å². The summed E-state index contributed by atoms with van der Waals surface area (Å²) in [4.78, 5) is 6.95. The van der Waals surface area contributed by atoms with Crippen molar-refractivity contribution in [1.82, 2.24) is 10.2 Å². The molecule has 1 aliphatic carbocycles. The molecule has 0 radical (unpaired) electrons. The molecule has 1 aromatic carbocycles. The van der Waals surface area contributed by atoms with Gasteiger partial charge in [0.1, 0.15) is 0 Å². The quantitative estimate of drug-likeness (QED) is 0.432. The molecule has 0 heterocycles. The molecule has 2 rings (SSSR count). The molecule has 0 aromatic heterocycles. The first-order valence-corrected chi connectivity index (χ1v) is 8.82. The molecule has 1 unspecified atom stereocenters.